The van der Waals surface area contributed by atoms with E-state index in [4.69, 9.17) is 0 Å². The molecule has 1 aliphatic carbocycles. The van der Waals surface area contributed by atoms with Gasteiger partial charge in [0.15, 0.2) is 0 Å². The van der Waals surface area contributed by atoms with Crippen LogP contribution in [-0.4, -0.2) is 44.2 Å². The van der Waals surface area contributed by atoms with Gasteiger partial charge in [0, 0.05) is 19.6 Å². The maximum Gasteiger partial charge on any atom is 0.217 e. The van der Waals surface area contributed by atoms with E-state index < -0.39 is 10.0 Å². The summed E-state index contributed by atoms with van der Waals surface area (Å²) in [5.74, 6) is 0. The molecule has 1 spiro atoms. The number of hydrogen-bond acceptors (Lipinski definition) is 3. The molecule has 2 heterocycles. The van der Waals surface area contributed by atoms with Gasteiger partial charge in [0.25, 0.3) is 0 Å². The molecule has 3 fully saturated rings. The van der Waals surface area contributed by atoms with E-state index in [2.05, 4.69) is 5.32 Å². The van der Waals surface area contributed by atoms with E-state index in [1.165, 1.54) is 19.3 Å². The lowest BCUT2D eigenvalue weighted by Gasteiger charge is -2.44. The smallest absolute Gasteiger partial charge is 0.217 e. The Morgan fingerprint density at radius 2 is 1.94 bits per heavy atom. The highest BCUT2D eigenvalue weighted by atomic mass is 32.2. The summed E-state index contributed by atoms with van der Waals surface area (Å²) in [5, 5.41) is 3.39. The third-order valence-corrected chi connectivity index (χ3v) is 6.84. The van der Waals surface area contributed by atoms with Crippen LogP contribution in [0.5, 0.6) is 0 Å². The Morgan fingerprint density at radius 1 is 1.18 bits per heavy atom. The zero-order chi connectivity index (χ0) is 11.9. The predicted molar refractivity (Wildman–Crippen MR) is 67.3 cm³/mol. The number of sulfonamides is 1. The minimum atomic E-state index is -2.96. The van der Waals surface area contributed by atoms with E-state index >= 15 is 0 Å². The van der Waals surface area contributed by atoms with Crippen LogP contribution >= 0.6 is 0 Å². The molecule has 0 bridgehead atoms. The fraction of sp³-hybridized carbons (Fsp3) is 1.00. The average molecular weight is 258 g/mol. The summed E-state index contributed by atoms with van der Waals surface area (Å²) in [4.78, 5) is 0. The van der Waals surface area contributed by atoms with E-state index in [9.17, 15) is 8.42 Å². The summed E-state index contributed by atoms with van der Waals surface area (Å²) in [6.07, 6.45) is 6.37. The zero-order valence-electron chi connectivity index (χ0n) is 10.3. The van der Waals surface area contributed by atoms with Crippen LogP contribution in [-0.2, 0) is 10.0 Å². The molecule has 4 nitrogen and oxygen atoms in total. The van der Waals surface area contributed by atoms with Crippen molar-refractivity contribution in [3.05, 3.63) is 0 Å². The Labute approximate surface area is 104 Å². The first-order chi connectivity index (χ1) is 8.12. The molecule has 5 heteroatoms. The maximum atomic E-state index is 12.3. The van der Waals surface area contributed by atoms with Crippen molar-refractivity contribution >= 4 is 10.0 Å². The van der Waals surface area contributed by atoms with Crippen LogP contribution in [0.2, 0.25) is 0 Å². The van der Waals surface area contributed by atoms with E-state index in [1.807, 2.05) is 0 Å². The van der Waals surface area contributed by atoms with E-state index in [0.717, 1.165) is 45.4 Å². The zero-order valence-corrected chi connectivity index (χ0v) is 11.1. The number of nitrogens with zero attached hydrogens (tertiary/aromatic N) is 1. The first-order valence-electron chi connectivity index (χ1n) is 6.82. The van der Waals surface area contributed by atoms with Crippen molar-refractivity contribution in [3.63, 3.8) is 0 Å². The molecular weight excluding hydrogens is 236 g/mol. The molecule has 17 heavy (non-hydrogen) atoms. The molecule has 2 aliphatic heterocycles. The summed E-state index contributed by atoms with van der Waals surface area (Å²) < 4.78 is 26.4. The predicted octanol–water partition coefficient (Wildman–Crippen LogP) is 0.944. The van der Waals surface area contributed by atoms with Gasteiger partial charge in [-0.1, -0.05) is 0 Å². The normalized spacial score (nSPS) is 36.2. The van der Waals surface area contributed by atoms with Crippen LogP contribution in [0.3, 0.4) is 0 Å². The second kappa shape index (κ2) is 4.21. The van der Waals surface area contributed by atoms with Gasteiger partial charge in [-0.2, -0.15) is 0 Å². The molecule has 0 radical (unpaired) electrons. The summed E-state index contributed by atoms with van der Waals surface area (Å²) in [6, 6.07) is 0. The van der Waals surface area contributed by atoms with Gasteiger partial charge in [-0.3, -0.25) is 0 Å². The van der Waals surface area contributed by atoms with Crippen LogP contribution < -0.4 is 5.32 Å². The van der Waals surface area contributed by atoms with Gasteiger partial charge < -0.3 is 5.32 Å². The molecule has 1 saturated carbocycles. The van der Waals surface area contributed by atoms with Gasteiger partial charge in [0.05, 0.1) is 5.25 Å². The lowest BCUT2D eigenvalue weighted by Crippen LogP contribution is -2.53. The van der Waals surface area contributed by atoms with Crippen molar-refractivity contribution in [1.29, 1.82) is 0 Å². The summed E-state index contributed by atoms with van der Waals surface area (Å²) in [7, 11) is -2.96. The topological polar surface area (TPSA) is 49.4 Å². The average Bonchev–Trinajstić information content (AvgIpc) is 3.14. The van der Waals surface area contributed by atoms with Crippen LogP contribution in [0.15, 0.2) is 0 Å². The Morgan fingerprint density at radius 3 is 2.59 bits per heavy atom. The molecule has 0 amide bonds. The minimum Gasteiger partial charge on any atom is -0.316 e. The van der Waals surface area contributed by atoms with Gasteiger partial charge in [-0.25, -0.2) is 12.7 Å². The molecule has 1 atom stereocenters. The SMILES string of the molecule is O=S(=O)(C1CC1)N1CCCC2(CCCNC2)C1. The third-order valence-electron chi connectivity index (χ3n) is 4.49. The molecule has 1 unspecified atom stereocenters. The Hall–Kier alpha value is -0.130. The Balaban J connectivity index is 1.74. The van der Waals surface area contributed by atoms with Crippen LogP contribution in [0, 0.1) is 5.41 Å². The maximum absolute atomic E-state index is 12.3. The molecule has 1 N–H and O–H groups in total. The highest BCUT2D eigenvalue weighted by Gasteiger charge is 2.45. The van der Waals surface area contributed by atoms with Crippen molar-refractivity contribution in [2.24, 2.45) is 5.41 Å². The second-order valence-electron chi connectivity index (χ2n) is 5.96. The lowest BCUT2D eigenvalue weighted by molar-refractivity contribution is 0.110. The van der Waals surface area contributed by atoms with Crippen molar-refractivity contribution in [1.82, 2.24) is 9.62 Å². The summed E-state index contributed by atoms with van der Waals surface area (Å²) in [6.45, 7) is 3.61. The fourth-order valence-corrected chi connectivity index (χ4v) is 5.33. The van der Waals surface area contributed by atoms with E-state index in [-0.39, 0.29) is 10.7 Å². The van der Waals surface area contributed by atoms with Gasteiger partial charge >= 0.3 is 0 Å². The molecular formula is C12H22N2O2S. The van der Waals surface area contributed by atoms with Gasteiger partial charge in [-0.05, 0) is 50.5 Å². The molecule has 0 aromatic rings. The largest absolute Gasteiger partial charge is 0.316 e. The molecule has 0 aromatic heterocycles. The van der Waals surface area contributed by atoms with Crippen molar-refractivity contribution < 1.29 is 8.42 Å². The van der Waals surface area contributed by atoms with Gasteiger partial charge in [0.1, 0.15) is 0 Å². The monoisotopic (exact) mass is 258 g/mol. The van der Waals surface area contributed by atoms with E-state index in [1.54, 1.807) is 4.31 Å². The number of hydrogen-bond donors (Lipinski definition) is 1. The highest BCUT2D eigenvalue weighted by molar-refractivity contribution is 7.90. The molecule has 0 aromatic carbocycles. The van der Waals surface area contributed by atoms with E-state index in [0.29, 0.717) is 0 Å². The summed E-state index contributed by atoms with van der Waals surface area (Å²) >= 11 is 0. The van der Waals surface area contributed by atoms with Crippen LogP contribution in [0.25, 0.3) is 0 Å². The third kappa shape index (κ3) is 2.25. The van der Waals surface area contributed by atoms with Gasteiger partial charge in [0.2, 0.25) is 10.0 Å². The first-order valence-corrected chi connectivity index (χ1v) is 8.33. The number of rotatable bonds is 2. The van der Waals surface area contributed by atoms with Crippen molar-refractivity contribution in [3.8, 4) is 0 Å². The summed E-state index contributed by atoms with van der Waals surface area (Å²) in [5.41, 5.74) is 0.235. The highest BCUT2D eigenvalue weighted by Crippen LogP contribution is 2.39. The first kappa shape index (κ1) is 11.9. The Bertz CT molecular complexity index is 378. The second-order valence-corrected chi connectivity index (χ2v) is 8.17. The molecule has 2 saturated heterocycles. The molecule has 3 aliphatic rings. The fourth-order valence-electron chi connectivity index (χ4n) is 3.34. The van der Waals surface area contributed by atoms with Crippen molar-refractivity contribution in [2.45, 2.75) is 43.8 Å². The lowest BCUT2D eigenvalue weighted by atomic mass is 9.75. The molecule has 98 valence electrons. The molecule has 3 rings (SSSR count). The Kier molecular flexibility index (Phi) is 2.96. The van der Waals surface area contributed by atoms with Gasteiger partial charge in [-0.15, -0.1) is 0 Å². The van der Waals surface area contributed by atoms with Crippen molar-refractivity contribution in [2.75, 3.05) is 26.2 Å². The number of piperidine rings is 2. The standard InChI is InChI=1S/C12H22N2O2S/c15-17(16,11-3-4-11)14-8-2-6-12(10-14)5-1-7-13-9-12/h11,13H,1-10H2. The van der Waals surface area contributed by atoms with Crippen LogP contribution in [0.1, 0.15) is 38.5 Å². The quantitative estimate of drug-likeness (QED) is 0.802. The number of nitrogens with one attached hydrogen (secondary N) is 1. The minimum absolute atomic E-state index is 0.0470. The van der Waals surface area contributed by atoms with Crippen LogP contribution in [0.4, 0.5) is 0 Å².